The molecule has 8 rings (SSSR count). The Bertz CT molecular complexity index is 1790. The third-order valence-corrected chi connectivity index (χ3v) is 8.30. The van der Waals surface area contributed by atoms with Crippen molar-refractivity contribution in [1.82, 2.24) is 44.6 Å². The van der Waals surface area contributed by atoms with Gasteiger partial charge in [-0.1, -0.05) is 36.4 Å². The average molecular weight is 516 g/mol. The molecule has 7 heterocycles. The molecule has 0 spiro atoms. The van der Waals surface area contributed by atoms with Gasteiger partial charge in [0.05, 0.1) is 17.6 Å². The van der Waals surface area contributed by atoms with Crippen molar-refractivity contribution in [3.05, 3.63) is 85.0 Å². The highest BCUT2D eigenvalue weighted by Crippen LogP contribution is 2.45. The van der Waals surface area contributed by atoms with Crippen molar-refractivity contribution in [2.45, 2.75) is 43.7 Å². The van der Waals surface area contributed by atoms with E-state index in [1.165, 1.54) is 6.33 Å². The molecular formula is C29H25N9O. The lowest BCUT2D eigenvalue weighted by atomic mass is 9.86. The quantitative estimate of drug-likeness (QED) is 0.354. The maximum atomic E-state index is 13.1. The fraction of sp³-hybridized carbons (Fsp3) is 0.241. The van der Waals surface area contributed by atoms with Gasteiger partial charge in [-0.05, 0) is 37.8 Å². The number of pyridine rings is 1. The fourth-order valence-corrected chi connectivity index (χ4v) is 6.54. The molecule has 10 nitrogen and oxygen atoms in total. The molecule has 2 bridgehead atoms. The van der Waals surface area contributed by atoms with E-state index in [9.17, 15) is 4.79 Å². The number of hydrogen-bond donors (Lipinski definition) is 2. The standard InChI is InChI=1S/C29H25N9O/c39-29(26-32-16-33-36-26)37-20-7-8-21(37)13-19(12-20)25-22-10-11-30-27(22)38-28(35-25)23(15-34-38)18-6-9-24(31-14-18)17-4-2-1-3-5-17/h1-6,9-11,14-16,19-21,30H,7-8,12-13H2,(H,32,33,36)/t19-,20-,21+. The number of benzene rings is 1. The topological polar surface area (TPSA) is 121 Å². The van der Waals surface area contributed by atoms with E-state index in [0.29, 0.717) is 5.82 Å². The van der Waals surface area contributed by atoms with Gasteiger partial charge in [-0.2, -0.15) is 9.61 Å². The lowest BCUT2D eigenvalue weighted by Gasteiger charge is -2.38. The van der Waals surface area contributed by atoms with Crippen LogP contribution in [0.5, 0.6) is 0 Å². The first-order chi connectivity index (χ1) is 19.2. The number of aromatic amines is 2. The summed E-state index contributed by atoms with van der Waals surface area (Å²) in [4.78, 5) is 31.4. The number of fused-ring (bicyclic) bond motifs is 5. The number of amides is 1. The van der Waals surface area contributed by atoms with Crippen molar-refractivity contribution in [3.8, 4) is 22.4 Å². The van der Waals surface area contributed by atoms with Crippen LogP contribution in [0.2, 0.25) is 0 Å². The summed E-state index contributed by atoms with van der Waals surface area (Å²) in [6, 6.07) is 16.7. The number of H-pyrrole nitrogens is 2. The number of aromatic nitrogens is 8. The van der Waals surface area contributed by atoms with E-state index in [4.69, 9.17) is 15.1 Å². The van der Waals surface area contributed by atoms with Crippen LogP contribution in [0, 0.1) is 0 Å². The summed E-state index contributed by atoms with van der Waals surface area (Å²) < 4.78 is 1.89. The van der Waals surface area contributed by atoms with Crippen LogP contribution >= 0.6 is 0 Å². The first-order valence-corrected chi connectivity index (χ1v) is 13.3. The largest absolute Gasteiger partial charge is 0.346 e. The van der Waals surface area contributed by atoms with Crippen LogP contribution in [0.25, 0.3) is 39.1 Å². The second-order valence-corrected chi connectivity index (χ2v) is 10.4. The summed E-state index contributed by atoms with van der Waals surface area (Å²) in [7, 11) is 0. The Morgan fingerprint density at radius 3 is 2.51 bits per heavy atom. The SMILES string of the molecule is O=C(c1nnc[nH]1)N1[C@@H]2CC[C@H]1C[C@H](c1nc3c(-c4ccc(-c5ccccc5)nc4)cnn3c3[nH]ccc13)C2. The van der Waals surface area contributed by atoms with E-state index >= 15 is 0 Å². The second kappa shape index (κ2) is 8.59. The Labute approximate surface area is 223 Å². The zero-order valence-corrected chi connectivity index (χ0v) is 21.0. The van der Waals surface area contributed by atoms with Crippen molar-refractivity contribution >= 4 is 22.6 Å². The smallest absolute Gasteiger partial charge is 0.292 e. The van der Waals surface area contributed by atoms with Gasteiger partial charge in [0.25, 0.3) is 5.91 Å². The van der Waals surface area contributed by atoms with Crippen molar-refractivity contribution in [3.63, 3.8) is 0 Å². The van der Waals surface area contributed by atoms with Crippen molar-refractivity contribution in [1.29, 1.82) is 0 Å². The zero-order valence-electron chi connectivity index (χ0n) is 21.0. The van der Waals surface area contributed by atoms with Gasteiger partial charge < -0.3 is 14.9 Å². The Hall–Kier alpha value is -4.86. The normalized spacial score (nSPS) is 20.7. The molecule has 2 saturated heterocycles. The minimum absolute atomic E-state index is 0.0572. The number of nitrogens with zero attached hydrogens (tertiary/aromatic N) is 7. The number of piperidine rings is 1. The van der Waals surface area contributed by atoms with Gasteiger partial charge in [-0.25, -0.2) is 4.98 Å². The first kappa shape index (κ1) is 22.2. The van der Waals surface area contributed by atoms with Gasteiger partial charge in [-0.3, -0.25) is 9.78 Å². The number of carbonyl (C=O) groups is 1. The number of nitrogens with one attached hydrogen (secondary N) is 2. The molecule has 2 aliphatic rings. The molecule has 2 N–H and O–H groups in total. The number of rotatable bonds is 4. The molecule has 3 atom stereocenters. The van der Waals surface area contributed by atoms with Crippen LogP contribution < -0.4 is 0 Å². The number of carbonyl (C=O) groups excluding carboxylic acids is 1. The molecule has 0 radical (unpaired) electrons. The van der Waals surface area contributed by atoms with E-state index in [1.54, 1.807) is 0 Å². The van der Waals surface area contributed by atoms with E-state index in [1.807, 2.05) is 52.3 Å². The van der Waals surface area contributed by atoms with Crippen molar-refractivity contribution in [2.24, 2.45) is 0 Å². The molecule has 2 fully saturated rings. The van der Waals surface area contributed by atoms with E-state index in [2.05, 4.69) is 44.4 Å². The molecule has 1 aromatic carbocycles. The van der Waals surface area contributed by atoms with Crippen LogP contribution in [0.4, 0.5) is 0 Å². The van der Waals surface area contributed by atoms with Crippen molar-refractivity contribution in [2.75, 3.05) is 0 Å². The Kier molecular flexibility index (Phi) is 4.88. The summed E-state index contributed by atoms with van der Waals surface area (Å²) in [6.07, 6.45) is 10.9. The lowest BCUT2D eigenvalue weighted by Crippen LogP contribution is -2.46. The highest BCUT2D eigenvalue weighted by atomic mass is 16.2. The Balaban J connectivity index is 1.16. The maximum absolute atomic E-state index is 13.1. The second-order valence-electron chi connectivity index (χ2n) is 10.4. The van der Waals surface area contributed by atoms with Gasteiger partial charge in [0, 0.05) is 52.5 Å². The highest BCUT2D eigenvalue weighted by molar-refractivity contribution is 5.91. The molecule has 192 valence electrons. The lowest BCUT2D eigenvalue weighted by molar-refractivity contribution is 0.0558. The van der Waals surface area contributed by atoms with Crippen LogP contribution in [-0.2, 0) is 0 Å². The summed E-state index contributed by atoms with van der Waals surface area (Å²) >= 11 is 0. The predicted octanol–water partition coefficient (Wildman–Crippen LogP) is 4.61. The third-order valence-electron chi connectivity index (χ3n) is 8.30. The number of hydrogen-bond acceptors (Lipinski definition) is 6. The molecular weight excluding hydrogens is 490 g/mol. The van der Waals surface area contributed by atoms with Crippen molar-refractivity contribution < 1.29 is 4.79 Å². The predicted molar refractivity (Wildman–Crippen MR) is 145 cm³/mol. The summed E-state index contributed by atoms with van der Waals surface area (Å²) in [5.41, 5.74) is 6.74. The molecule has 0 aliphatic carbocycles. The summed E-state index contributed by atoms with van der Waals surface area (Å²) in [5.74, 6) is 0.498. The van der Waals surface area contributed by atoms with Gasteiger partial charge >= 0.3 is 0 Å². The van der Waals surface area contributed by atoms with Crippen LogP contribution in [-0.4, -0.2) is 62.6 Å². The van der Waals surface area contributed by atoms with Gasteiger partial charge in [0.15, 0.2) is 5.65 Å². The van der Waals surface area contributed by atoms with E-state index < -0.39 is 0 Å². The molecule has 1 amide bonds. The van der Waals surface area contributed by atoms with Gasteiger partial charge in [0.2, 0.25) is 5.82 Å². The fourth-order valence-electron chi connectivity index (χ4n) is 6.54. The Morgan fingerprint density at radius 2 is 1.77 bits per heavy atom. The highest BCUT2D eigenvalue weighted by Gasteiger charge is 2.45. The van der Waals surface area contributed by atoms with Gasteiger partial charge in [0.1, 0.15) is 12.0 Å². The van der Waals surface area contributed by atoms with Crippen LogP contribution in [0.3, 0.4) is 0 Å². The molecule has 39 heavy (non-hydrogen) atoms. The summed E-state index contributed by atoms with van der Waals surface area (Å²) in [6.45, 7) is 0. The molecule has 0 saturated carbocycles. The monoisotopic (exact) mass is 515 g/mol. The molecule has 2 aliphatic heterocycles. The molecule has 0 unspecified atom stereocenters. The minimum Gasteiger partial charge on any atom is -0.346 e. The maximum Gasteiger partial charge on any atom is 0.292 e. The van der Waals surface area contributed by atoms with Crippen LogP contribution in [0.15, 0.2) is 73.4 Å². The first-order valence-electron chi connectivity index (χ1n) is 13.3. The third kappa shape index (κ3) is 3.48. The summed E-state index contributed by atoms with van der Waals surface area (Å²) in [5, 5.41) is 13.5. The van der Waals surface area contributed by atoms with Gasteiger partial charge in [-0.15, -0.1) is 10.2 Å². The molecule has 6 aromatic rings. The molecule has 10 heteroatoms. The van der Waals surface area contributed by atoms with E-state index in [-0.39, 0.29) is 23.9 Å². The Morgan fingerprint density at radius 1 is 0.923 bits per heavy atom. The minimum atomic E-state index is -0.0572. The zero-order chi connectivity index (χ0) is 25.9. The van der Waals surface area contributed by atoms with Crippen LogP contribution in [0.1, 0.15) is 47.9 Å². The average Bonchev–Trinajstić information content (AvgIpc) is 3.79. The van der Waals surface area contributed by atoms with E-state index in [0.717, 1.165) is 70.4 Å². The molecule has 5 aromatic heterocycles.